The van der Waals surface area contributed by atoms with Crippen LogP contribution in [-0.4, -0.2) is 33.3 Å². The van der Waals surface area contributed by atoms with Gasteiger partial charge in [-0.3, -0.25) is 4.79 Å². The number of aromatic nitrogens is 2. The summed E-state index contributed by atoms with van der Waals surface area (Å²) >= 11 is 1.30. The van der Waals surface area contributed by atoms with Crippen LogP contribution < -0.4 is 10.6 Å². The third-order valence-corrected chi connectivity index (χ3v) is 6.11. The molecule has 0 bridgehead atoms. The van der Waals surface area contributed by atoms with Crippen molar-refractivity contribution in [3.8, 4) is 0 Å². The van der Waals surface area contributed by atoms with Gasteiger partial charge in [0.1, 0.15) is 5.03 Å². The van der Waals surface area contributed by atoms with Gasteiger partial charge < -0.3 is 15.7 Å². The molecule has 0 aliphatic rings. The number of aliphatic hydroxyl groups is 1. The van der Waals surface area contributed by atoms with Crippen molar-refractivity contribution in [2.75, 3.05) is 10.6 Å². The molecule has 6 nitrogen and oxygen atoms in total. The largest absolute Gasteiger partial charge is 0.421 e. The number of nitrogens with one attached hydrogen (secondary N) is 2. The summed E-state index contributed by atoms with van der Waals surface area (Å²) in [5.74, 6) is -0.253. The number of halogens is 6. The summed E-state index contributed by atoms with van der Waals surface area (Å²) in [6.45, 7) is 5.16. The fourth-order valence-corrected chi connectivity index (χ4v) is 3.96. The number of nitrogens with zero attached hydrogens (tertiary/aromatic N) is 2. The second kappa shape index (κ2) is 10.8. The average molecular weight is 543 g/mol. The van der Waals surface area contributed by atoms with Gasteiger partial charge in [-0.2, -0.15) is 26.3 Å². The van der Waals surface area contributed by atoms with Crippen LogP contribution in [0.25, 0.3) is 0 Å². The molecule has 1 aromatic heterocycles. The number of anilines is 3. The first kappa shape index (κ1) is 28.0. The third-order valence-electron chi connectivity index (χ3n) is 4.99. The van der Waals surface area contributed by atoms with Gasteiger partial charge in [-0.25, -0.2) is 9.97 Å². The van der Waals surface area contributed by atoms with Crippen LogP contribution in [0.1, 0.15) is 17.5 Å². The number of carbonyl (C=O) groups excluding carboxylic acids is 1. The van der Waals surface area contributed by atoms with Gasteiger partial charge in [0.05, 0.1) is 6.42 Å². The van der Waals surface area contributed by atoms with Crippen LogP contribution in [0.3, 0.4) is 0 Å². The zero-order chi connectivity index (χ0) is 27.4. The molecule has 3 aromatic rings. The Morgan fingerprint density at radius 1 is 1.03 bits per heavy atom. The summed E-state index contributed by atoms with van der Waals surface area (Å²) in [5, 5.41) is 15.9. The topological polar surface area (TPSA) is 87.1 Å². The molecule has 13 heteroatoms. The Kier molecular flexibility index (Phi) is 8.18. The zero-order valence-corrected chi connectivity index (χ0v) is 19.9. The Balaban J connectivity index is 1.76. The van der Waals surface area contributed by atoms with Gasteiger partial charge in [-0.15, -0.1) is 0 Å². The van der Waals surface area contributed by atoms with E-state index in [2.05, 4.69) is 27.2 Å². The van der Waals surface area contributed by atoms with E-state index in [1.807, 2.05) is 0 Å². The highest BCUT2D eigenvalue weighted by molar-refractivity contribution is 7.99. The molecule has 3 rings (SSSR count). The van der Waals surface area contributed by atoms with Crippen LogP contribution in [0.5, 0.6) is 0 Å². The Labute approximate surface area is 211 Å². The molecule has 37 heavy (non-hydrogen) atoms. The second-order valence-electron chi connectivity index (χ2n) is 7.85. The molecule has 0 aliphatic carbocycles. The highest BCUT2D eigenvalue weighted by Crippen LogP contribution is 2.46. The summed E-state index contributed by atoms with van der Waals surface area (Å²) in [7, 11) is 0. The van der Waals surface area contributed by atoms with E-state index in [1.54, 1.807) is 31.2 Å². The lowest BCUT2D eigenvalue weighted by atomic mass is 9.89. The summed E-state index contributed by atoms with van der Waals surface area (Å²) in [5.41, 5.74) is -3.53. The van der Waals surface area contributed by atoms with Gasteiger partial charge in [0.25, 0.3) is 0 Å². The van der Waals surface area contributed by atoms with Crippen molar-refractivity contribution in [1.82, 2.24) is 9.97 Å². The average Bonchev–Trinajstić information content (AvgIpc) is 2.81. The number of rotatable bonds is 8. The molecule has 0 saturated carbocycles. The van der Waals surface area contributed by atoms with Gasteiger partial charge in [-0.05, 0) is 55.0 Å². The lowest BCUT2D eigenvalue weighted by molar-refractivity contribution is -0.300. The second-order valence-corrected chi connectivity index (χ2v) is 8.92. The van der Waals surface area contributed by atoms with Gasteiger partial charge >= 0.3 is 12.4 Å². The third kappa shape index (κ3) is 7.23. The molecular weight excluding hydrogens is 522 g/mol. The summed E-state index contributed by atoms with van der Waals surface area (Å²) in [4.78, 5) is 20.7. The molecule has 1 amide bonds. The van der Waals surface area contributed by atoms with Crippen molar-refractivity contribution in [3.63, 3.8) is 0 Å². The van der Waals surface area contributed by atoms with E-state index in [-0.39, 0.29) is 17.5 Å². The van der Waals surface area contributed by atoms with Crippen molar-refractivity contribution in [2.45, 2.75) is 41.2 Å². The minimum atomic E-state index is -5.54. The van der Waals surface area contributed by atoms with E-state index in [4.69, 9.17) is 0 Å². The van der Waals surface area contributed by atoms with Crippen molar-refractivity contribution < 1.29 is 36.2 Å². The van der Waals surface area contributed by atoms with E-state index in [0.717, 1.165) is 40.8 Å². The van der Waals surface area contributed by atoms with Crippen LogP contribution in [0, 0.1) is 6.92 Å². The van der Waals surface area contributed by atoms with Crippen molar-refractivity contribution in [2.24, 2.45) is 0 Å². The monoisotopic (exact) mass is 542 g/mol. The quantitative estimate of drug-likeness (QED) is 0.171. The molecule has 1 atom stereocenters. The first-order valence-electron chi connectivity index (χ1n) is 10.5. The minimum Gasteiger partial charge on any atom is -0.376 e. The molecule has 0 radical (unpaired) electrons. The SMILES string of the molecule is C=CC(=O)Nc1ccc(Sc2nc(Nc3ccc(C(O)(CC(F)(F)F)C(F)(F)F)cc3)ncc2C)cc1. The number of hydrogen-bond acceptors (Lipinski definition) is 6. The number of aryl methyl sites for hydroxylation is 1. The molecule has 1 unspecified atom stereocenters. The van der Waals surface area contributed by atoms with E-state index in [0.29, 0.717) is 10.7 Å². The highest BCUT2D eigenvalue weighted by Gasteiger charge is 2.59. The van der Waals surface area contributed by atoms with Gasteiger partial charge in [-0.1, -0.05) is 30.5 Å². The molecule has 0 fully saturated rings. The van der Waals surface area contributed by atoms with Crippen LogP contribution >= 0.6 is 11.8 Å². The molecule has 3 N–H and O–H groups in total. The van der Waals surface area contributed by atoms with Crippen LogP contribution in [0.4, 0.5) is 43.7 Å². The number of amides is 1. The maximum atomic E-state index is 13.3. The molecule has 0 spiro atoms. The van der Waals surface area contributed by atoms with Crippen LogP contribution in [-0.2, 0) is 10.4 Å². The first-order valence-corrected chi connectivity index (χ1v) is 11.3. The van der Waals surface area contributed by atoms with E-state index in [1.165, 1.54) is 18.0 Å². The molecule has 1 heterocycles. The first-order chi connectivity index (χ1) is 17.2. The number of benzene rings is 2. The predicted octanol–water partition coefficient (Wildman–Crippen LogP) is 6.51. The van der Waals surface area contributed by atoms with E-state index < -0.39 is 29.9 Å². The molecular formula is C24H20F6N4O2S. The predicted molar refractivity (Wildman–Crippen MR) is 127 cm³/mol. The van der Waals surface area contributed by atoms with Crippen molar-refractivity contribution in [1.29, 1.82) is 0 Å². The van der Waals surface area contributed by atoms with Gasteiger partial charge in [0, 0.05) is 28.0 Å². The molecule has 0 aliphatic heterocycles. The summed E-state index contributed by atoms with van der Waals surface area (Å²) < 4.78 is 78.1. The highest BCUT2D eigenvalue weighted by atomic mass is 32.2. The van der Waals surface area contributed by atoms with Gasteiger partial charge in [0.2, 0.25) is 11.9 Å². The Morgan fingerprint density at radius 3 is 2.16 bits per heavy atom. The standard InChI is InChI=1S/C24H20F6N4O2S/c1-3-19(35)32-16-8-10-18(11-9-16)37-20-14(2)12-31-21(34-20)33-17-6-4-15(5-7-17)22(36,24(28,29)30)13-23(25,26)27/h3-12,36H,1,13H2,2H3,(H,32,35)(H,31,33,34). The van der Waals surface area contributed by atoms with Crippen LogP contribution in [0.2, 0.25) is 0 Å². The number of alkyl halides is 6. The fourth-order valence-electron chi connectivity index (χ4n) is 3.12. The maximum Gasteiger partial charge on any atom is 0.421 e. The zero-order valence-electron chi connectivity index (χ0n) is 19.1. The van der Waals surface area contributed by atoms with E-state index in [9.17, 15) is 36.2 Å². The lowest BCUT2D eigenvalue weighted by Gasteiger charge is -2.31. The molecule has 2 aromatic carbocycles. The summed E-state index contributed by atoms with van der Waals surface area (Å²) in [6, 6.07) is 10.6. The Bertz CT molecular complexity index is 1260. The number of hydrogen-bond donors (Lipinski definition) is 3. The Hall–Kier alpha value is -3.58. The minimum absolute atomic E-state index is 0.0945. The Morgan fingerprint density at radius 2 is 1.62 bits per heavy atom. The number of carbonyl (C=O) groups is 1. The fraction of sp³-hybridized carbons (Fsp3) is 0.208. The smallest absolute Gasteiger partial charge is 0.376 e. The van der Waals surface area contributed by atoms with Crippen molar-refractivity contribution in [3.05, 3.63) is 78.5 Å². The van der Waals surface area contributed by atoms with Crippen LogP contribution in [0.15, 0.2) is 77.3 Å². The van der Waals surface area contributed by atoms with Gasteiger partial charge in [0.15, 0.2) is 5.60 Å². The van der Waals surface area contributed by atoms with Crippen molar-refractivity contribution >= 4 is 35.0 Å². The lowest BCUT2D eigenvalue weighted by Crippen LogP contribution is -2.45. The van der Waals surface area contributed by atoms with E-state index >= 15 is 0 Å². The normalized spacial score (nSPS) is 13.5. The molecule has 0 saturated heterocycles. The summed E-state index contributed by atoms with van der Waals surface area (Å²) in [6.07, 6.45) is -10.6. The molecule has 196 valence electrons. The maximum absolute atomic E-state index is 13.3.